The van der Waals surface area contributed by atoms with Gasteiger partial charge < -0.3 is 9.59 Å². The largest absolute Gasteiger partial charge is 0.388 e. The van der Waals surface area contributed by atoms with Crippen molar-refractivity contribution in [1.29, 1.82) is 0 Å². The van der Waals surface area contributed by atoms with Gasteiger partial charge in [0.15, 0.2) is 0 Å². The first-order valence-electron chi connectivity index (χ1n) is 13.5. The number of aliphatic hydroxyl groups is 1. The molecule has 0 spiro atoms. The summed E-state index contributed by atoms with van der Waals surface area (Å²) in [4.78, 5) is 0. The molecule has 3 heteroatoms. The van der Waals surface area contributed by atoms with E-state index in [0.717, 1.165) is 30.4 Å². The minimum Gasteiger partial charge on any atom is -0.388 e. The molecule has 2 atom stereocenters. The van der Waals surface area contributed by atoms with E-state index >= 15 is 0 Å². The second-order valence-corrected chi connectivity index (χ2v) is 11.1. The standard InChI is InChI=1S/C27H57ClNO/c1-5-6-7-8-9-10-11-12-13-14-15-16-17-18-19-20-21-22-27(28)23-24-29(3,4)25-26(2)30/h26-27,30H,5-25H2,1-4H3/q+1. The van der Waals surface area contributed by atoms with Crippen LogP contribution >= 0.6 is 11.6 Å². The van der Waals surface area contributed by atoms with Gasteiger partial charge in [-0.1, -0.05) is 116 Å². The number of unbranched alkanes of at least 4 members (excludes halogenated alkanes) is 16. The highest BCUT2D eigenvalue weighted by Gasteiger charge is 2.19. The van der Waals surface area contributed by atoms with Crippen molar-refractivity contribution in [3.8, 4) is 0 Å². The lowest BCUT2D eigenvalue weighted by Gasteiger charge is -2.31. The van der Waals surface area contributed by atoms with Crippen molar-refractivity contribution in [2.24, 2.45) is 0 Å². The van der Waals surface area contributed by atoms with Gasteiger partial charge in [0.25, 0.3) is 0 Å². The number of aliphatic hydroxyl groups excluding tert-OH is 1. The Morgan fingerprint density at radius 1 is 0.633 bits per heavy atom. The molecule has 1 N–H and O–H groups in total. The predicted octanol–water partition coefficient (Wildman–Crippen LogP) is 8.48. The Bertz CT molecular complexity index is 346. The van der Waals surface area contributed by atoms with Gasteiger partial charge in [-0.25, -0.2) is 0 Å². The number of hydrogen-bond acceptors (Lipinski definition) is 1. The summed E-state index contributed by atoms with van der Waals surface area (Å²) in [6.45, 7) is 6.03. The molecule has 0 heterocycles. The zero-order chi connectivity index (χ0) is 22.5. The lowest BCUT2D eigenvalue weighted by Crippen LogP contribution is -2.45. The third-order valence-corrected chi connectivity index (χ3v) is 6.86. The van der Waals surface area contributed by atoms with Crippen LogP contribution in [0.2, 0.25) is 0 Å². The highest BCUT2D eigenvalue weighted by atomic mass is 35.5. The first-order valence-corrected chi connectivity index (χ1v) is 13.9. The number of hydrogen-bond donors (Lipinski definition) is 1. The molecule has 0 aromatic heterocycles. The maximum absolute atomic E-state index is 9.57. The number of alkyl halides is 1. The van der Waals surface area contributed by atoms with Crippen molar-refractivity contribution in [1.82, 2.24) is 0 Å². The molecule has 0 bridgehead atoms. The van der Waals surface area contributed by atoms with Gasteiger partial charge in [-0.3, -0.25) is 0 Å². The van der Waals surface area contributed by atoms with Gasteiger partial charge in [0.2, 0.25) is 0 Å². The fourth-order valence-electron chi connectivity index (χ4n) is 4.53. The van der Waals surface area contributed by atoms with Crippen LogP contribution in [-0.4, -0.2) is 48.3 Å². The lowest BCUT2D eigenvalue weighted by atomic mass is 10.0. The van der Waals surface area contributed by atoms with Crippen LogP contribution in [0.1, 0.15) is 136 Å². The molecular weight excluding hydrogens is 390 g/mol. The molecule has 0 saturated carbocycles. The Morgan fingerprint density at radius 3 is 1.37 bits per heavy atom. The summed E-state index contributed by atoms with van der Waals surface area (Å²) in [5.74, 6) is 0. The topological polar surface area (TPSA) is 20.2 Å². The zero-order valence-corrected chi connectivity index (χ0v) is 22.0. The van der Waals surface area contributed by atoms with E-state index in [4.69, 9.17) is 11.6 Å². The summed E-state index contributed by atoms with van der Waals surface area (Å²) >= 11 is 6.52. The van der Waals surface area contributed by atoms with Crippen molar-refractivity contribution >= 4 is 11.6 Å². The van der Waals surface area contributed by atoms with Crippen LogP contribution in [0.5, 0.6) is 0 Å². The molecule has 0 radical (unpaired) electrons. The van der Waals surface area contributed by atoms with E-state index in [-0.39, 0.29) is 6.10 Å². The van der Waals surface area contributed by atoms with Gasteiger partial charge in [0, 0.05) is 11.8 Å². The molecule has 0 rings (SSSR count). The van der Waals surface area contributed by atoms with Crippen LogP contribution in [0, 0.1) is 0 Å². The molecule has 2 unspecified atom stereocenters. The molecule has 2 nitrogen and oxygen atoms in total. The number of rotatable bonds is 23. The van der Waals surface area contributed by atoms with E-state index in [9.17, 15) is 5.11 Å². The third-order valence-electron chi connectivity index (χ3n) is 6.43. The van der Waals surface area contributed by atoms with Crippen LogP contribution in [0.15, 0.2) is 0 Å². The highest BCUT2D eigenvalue weighted by Crippen LogP contribution is 2.17. The van der Waals surface area contributed by atoms with Crippen LogP contribution < -0.4 is 0 Å². The summed E-state index contributed by atoms with van der Waals surface area (Å²) in [5.41, 5.74) is 0. The Labute approximate surface area is 195 Å². The molecule has 0 aliphatic carbocycles. The molecule has 0 saturated heterocycles. The SMILES string of the molecule is CCCCCCCCCCCCCCCCCCCC(Cl)CC[N+](C)(C)CC(C)O. The van der Waals surface area contributed by atoms with E-state index in [2.05, 4.69) is 21.0 Å². The molecule has 0 aliphatic heterocycles. The summed E-state index contributed by atoms with van der Waals surface area (Å²) in [7, 11) is 4.37. The van der Waals surface area contributed by atoms with Crippen molar-refractivity contribution in [2.45, 2.75) is 147 Å². The van der Waals surface area contributed by atoms with E-state index in [1.54, 1.807) is 0 Å². The smallest absolute Gasteiger partial charge is 0.104 e. The molecule has 0 fully saturated rings. The number of nitrogens with zero attached hydrogens (tertiary/aromatic N) is 1. The Kier molecular flexibility index (Phi) is 21.2. The number of halogens is 1. The second-order valence-electron chi connectivity index (χ2n) is 10.5. The molecule has 0 aromatic carbocycles. The molecular formula is C27H57ClNO+. The van der Waals surface area contributed by atoms with Gasteiger partial charge >= 0.3 is 0 Å². The normalized spacial score (nSPS) is 14.2. The number of quaternary nitrogens is 1. The van der Waals surface area contributed by atoms with E-state index in [1.807, 2.05) is 6.92 Å². The first kappa shape index (κ1) is 30.2. The molecule has 0 aliphatic rings. The lowest BCUT2D eigenvalue weighted by molar-refractivity contribution is -0.893. The fraction of sp³-hybridized carbons (Fsp3) is 1.00. The van der Waals surface area contributed by atoms with Crippen LogP contribution in [-0.2, 0) is 0 Å². The zero-order valence-electron chi connectivity index (χ0n) is 21.3. The monoisotopic (exact) mass is 446 g/mol. The van der Waals surface area contributed by atoms with Gasteiger partial charge in [-0.15, -0.1) is 11.6 Å². The average molecular weight is 447 g/mol. The summed E-state index contributed by atoms with van der Waals surface area (Å²) in [6.07, 6.45) is 26.1. The van der Waals surface area contributed by atoms with Gasteiger partial charge in [-0.2, -0.15) is 0 Å². The Morgan fingerprint density at radius 2 is 1.00 bits per heavy atom. The second kappa shape index (κ2) is 21.1. The molecule has 182 valence electrons. The highest BCUT2D eigenvalue weighted by molar-refractivity contribution is 6.20. The van der Waals surface area contributed by atoms with Crippen molar-refractivity contribution in [3.63, 3.8) is 0 Å². The quantitative estimate of drug-likeness (QED) is 0.0946. The summed E-state index contributed by atoms with van der Waals surface area (Å²) < 4.78 is 0.861. The third kappa shape index (κ3) is 22.9. The van der Waals surface area contributed by atoms with Gasteiger partial charge in [0.1, 0.15) is 12.6 Å². The Balaban J connectivity index is 3.27. The molecule has 30 heavy (non-hydrogen) atoms. The van der Waals surface area contributed by atoms with Gasteiger partial charge in [-0.05, 0) is 13.3 Å². The van der Waals surface area contributed by atoms with Crippen LogP contribution in [0.4, 0.5) is 0 Å². The van der Waals surface area contributed by atoms with Crippen LogP contribution in [0.3, 0.4) is 0 Å². The Hall–Kier alpha value is 0.210. The van der Waals surface area contributed by atoms with Crippen molar-refractivity contribution in [3.05, 3.63) is 0 Å². The molecule has 0 amide bonds. The minimum atomic E-state index is -0.237. The summed E-state index contributed by atoms with van der Waals surface area (Å²) in [5, 5.41) is 9.87. The molecule has 0 aromatic rings. The predicted molar refractivity (Wildman–Crippen MR) is 137 cm³/mol. The van der Waals surface area contributed by atoms with E-state index < -0.39 is 0 Å². The minimum absolute atomic E-state index is 0.237. The van der Waals surface area contributed by atoms with Crippen molar-refractivity contribution < 1.29 is 9.59 Å². The number of likely N-dealkylation sites (N-methyl/N-ethyl adjacent to an activating group) is 1. The van der Waals surface area contributed by atoms with E-state index in [0.29, 0.717) is 5.38 Å². The average Bonchev–Trinajstić information content (AvgIpc) is 2.68. The fourth-order valence-corrected chi connectivity index (χ4v) is 4.78. The maximum atomic E-state index is 9.57. The van der Waals surface area contributed by atoms with E-state index in [1.165, 1.54) is 109 Å². The van der Waals surface area contributed by atoms with Crippen molar-refractivity contribution in [2.75, 3.05) is 27.2 Å². The van der Waals surface area contributed by atoms with Crippen LogP contribution in [0.25, 0.3) is 0 Å². The van der Waals surface area contributed by atoms with Gasteiger partial charge in [0.05, 0.1) is 20.6 Å². The maximum Gasteiger partial charge on any atom is 0.104 e. The first-order chi connectivity index (χ1) is 14.4. The summed E-state index contributed by atoms with van der Waals surface area (Å²) in [6, 6.07) is 0.